The van der Waals surface area contributed by atoms with Gasteiger partial charge in [0.15, 0.2) is 17.3 Å². The van der Waals surface area contributed by atoms with Gasteiger partial charge in [0.25, 0.3) is 0 Å². The minimum atomic E-state index is -1.61. The van der Waals surface area contributed by atoms with Crippen molar-refractivity contribution in [3.05, 3.63) is 59.2 Å². The van der Waals surface area contributed by atoms with E-state index < -0.39 is 24.0 Å². The lowest BCUT2D eigenvalue weighted by Crippen LogP contribution is -2.17. The van der Waals surface area contributed by atoms with Crippen molar-refractivity contribution in [2.24, 2.45) is 0 Å². The maximum absolute atomic E-state index is 12.1. The van der Waals surface area contributed by atoms with Crippen LogP contribution in [0.4, 0.5) is 0 Å². The number of carboxylic acids is 1. The van der Waals surface area contributed by atoms with E-state index in [0.29, 0.717) is 23.5 Å². The van der Waals surface area contributed by atoms with Gasteiger partial charge in [0.1, 0.15) is 0 Å². The van der Waals surface area contributed by atoms with Crippen molar-refractivity contribution in [2.45, 2.75) is 12.8 Å². The molecule has 0 atom stereocenters. The largest absolute Gasteiger partial charge is 0.493 e. The Kier molecular flexibility index (Phi) is 5.89. The summed E-state index contributed by atoms with van der Waals surface area (Å²) in [7, 11) is 3.11. The number of ketones is 2. The van der Waals surface area contributed by atoms with E-state index >= 15 is 0 Å². The molecule has 2 aromatic carbocycles. The van der Waals surface area contributed by atoms with Crippen LogP contribution >= 0.6 is 0 Å². The fraction of sp³-hybridized carbons (Fsp3) is 0.211. The van der Waals surface area contributed by atoms with Crippen LogP contribution in [0.1, 0.15) is 27.9 Å². The van der Waals surface area contributed by atoms with Crippen LogP contribution in [0.5, 0.6) is 11.5 Å². The molecule has 0 heterocycles. The van der Waals surface area contributed by atoms with Crippen LogP contribution in [0.25, 0.3) is 0 Å². The summed E-state index contributed by atoms with van der Waals surface area (Å²) in [6.45, 7) is 0. The first-order valence-electron chi connectivity index (χ1n) is 7.54. The van der Waals surface area contributed by atoms with Crippen LogP contribution in [-0.4, -0.2) is 36.9 Å². The van der Waals surface area contributed by atoms with E-state index in [1.165, 1.54) is 0 Å². The van der Waals surface area contributed by atoms with Crippen LogP contribution < -0.4 is 9.47 Å². The van der Waals surface area contributed by atoms with Gasteiger partial charge < -0.3 is 14.6 Å². The highest BCUT2D eigenvalue weighted by Crippen LogP contribution is 2.32. The van der Waals surface area contributed by atoms with Crippen molar-refractivity contribution in [2.75, 3.05) is 14.2 Å². The van der Waals surface area contributed by atoms with Crippen LogP contribution in [0.2, 0.25) is 0 Å². The lowest BCUT2D eigenvalue weighted by molar-refractivity contribution is -0.148. The summed E-state index contributed by atoms with van der Waals surface area (Å²) in [5, 5.41) is 8.61. The number of hydrogen-bond donors (Lipinski definition) is 1. The summed E-state index contributed by atoms with van der Waals surface area (Å²) >= 11 is 0. The molecule has 0 saturated heterocycles. The molecule has 2 aromatic rings. The van der Waals surface area contributed by atoms with Gasteiger partial charge in [0.2, 0.25) is 5.78 Å². The van der Waals surface area contributed by atoms with E-state index in [9.17, 15) is 14.4 Å². The number of Topliss-reactive ketones (excluding diaryl/α,β-unsaturated/α-hetero) is 2. The maximum atomic E-state index is 12.1. The molecule has 0 aliphatic rings. The van der Waals surface area contributed by atoms with Crippen LogP contribution in [-0.2, 0) is 16.0 Å². The normalized spacial score (nSPS) is 10.2. The van der Waals surface area contributed by atoms with E-state index in [0.717, 1.165) is 11.1 Å². The second-order valence-corrected chi connectivity index (χ2v) is 5.36. The Balaban J connectivity index is 2.24. The van der Waals surface area contributed by atoms with Gasteiger partial charge in [-0.25, -0.2) is 4.79 Å². The number of carboxylic acid groups (broad SMARTS) is 1. The summed E-state index contributed by atoms with van der Waals surface area (Å²) in [5.41, 5.74) is 2.02. The number of para-hydroxylation sites is 1. The summed E-state index contributed by atoms with van der Waals surface area (Å²) in [6.07, 6.45) is -0.157. The number of benzene rings is 2. The van der Waals surface area contributed by atoms with Crippen molar-refractivity contribution in [3.63, 3.8) is 0 Å². The van der Waals surface area contributed by atoms with E-state index in [1.54, 1.807) is 38.5 Å². The number of carbonyl (C=O) groups is 3. The number of methoxy groups -OCH3 is 2. The molecule has 0 spiro atoms. The van der Waals surface area contributed by atoms with Crippen molar-refractivity contribution < 1.29 is 29.0 Å². The maximum Gasteiger partial charge on any atom is 0.372 e. The molecule has 0 bridgehead atoms. The lowest BCUT2D eigenvalue weighted by Gasteiger charge is -2.13. The number of ether oxygens (including phenoxy) is 2. The molecule has 25 heavy (non-hydrogen) atoms. The van der Waals surface area contributed by atoms with Gasteiger partial charge in [-0.2, -0.15) is 0 Å². The average Bonchev–Trinajstić information content (AvgIpc) is 2.61. The van der Waals surface area contributed by atoms with Crippen molar-refractivity contribution in [1.29, 1.82) is 0 Å². The monoisotopic (exact) mass is 342 g/mol. The molecule has 0 saturated carbocycles. The molecule has 0 aliphatic carbocycles. The standard InChI is InChI=1S/C19H18O6/c1-24-17-8-4-7-14(18(17)25-2)10-12-5-3-6-13(9-12)15(20)11-16(21)19(22)23/h3-9H,10-11H2,1-2H3,(H,22,23). The Bertz CT molecular complexity index is 809. The van der Waals surface area contributed by atoms with Gasteiger partial charge >= 0.3 is 5.97 Å². The van der Waals surface area contributed by atoms with Crippen LogP contribution in [0.3, 0.4) is 0 Å². The topological polar surface area (TPSA) is 89.9 Å². The first kappa shape index (κ1) is 18.2. The summed E-state index contributed by atoms with van der Waals surface area (Å²) in [4.78, 5) is 33.8. The second-order valence-electron chi connectivity index (χ2n) is 5.36. The van der Waals surface area contributed by atoms with Crippen molar-refractivity contribution in [3.8, 4) is 11.5 Å². The van der Waals surface area contributed by atoms with Crippen molar-refractivity contribution >= 4 is 17.5 Å². The molecule has 130 valence electrons. The summed E-state index contributed by atoms with van der Waals surface area (Å²) < 4.78 is 10.7. The van der Waals surface area contributed by atoms with E-state index in [4.69, 9.17) is 14.6 Å². The highest BCUT2D eigenvalue weighted by Gasteiger charge is 2.18. The molecule has 1 N–H and O–H groups in total. The molecule has 0 radical (unpaired) electrons. The molecule has 2 rings (SSSR count). The fourth-order valence-electron chi connectivity index (χ4n) is 2.49. The quantitative estimate of drug-likeness (QED) is 0.450. The van der Waals surface area contributed by atoms with Gasteiger partial charge in [0.05, 0.1) is 20.6 Å². The van der Waals surface area contributed by atoms with E-state index in [2.05, 4.69) is 0 Å². The van der Waals surface area contributed by atoms with Gasteiger partial charge in [-0.3, -0.25) is 9.59 Å². The third-order valence-corrected chi connectivity index (χ3v) is 3.69. The fourth-order valence-corrected chi connectivity index (χ4v) is 2.49. The minimum absolute atomic E-state index is 0.300. The molecular formula is C19H18O6. The molecular weight excluding hydrogens is 324 g/mol. The third kappa shape index (κ3) is 4.44. The summed E-state index contributed by atoms with van der Waals surface area (Å²) in [5.74, 6) is -2.02. The third-order valence-electron chi connectivity index (χ3n) is 3.69. The molecule has 6 heteroatoms. The number of aliphatic carboxylic acids is 1. The molecule has 0 fully saturated rings. The molecule has 0 aliphatic heterocycles. The number of rotatable bonds is 8. The minimum Gasteiger partial charge on any atom is -0.493 e. The molecule has 0 amide bonds. The Morgan fingerprint density at radius 3 is 2.36 bits per heavy atom. The predicted molar refractivity (Wildman–Crippen MR) is 90.4 cm³/mol. The average molecular weight is 342 g/mol. The lowest BCUT2D eigenvalue weighted by atomic mass is 9.99. The Labute approximate surface area is 145 Å². The molecule has 6 nitrogen and oxygen atoms in total. The SMILES string of the molecule is COc1cccc(Cc2cccc(C(=O)CC(=O)C(=O)O)c2)c1OC. The smallest absolute Gasteiger partial charge is 0.372 e. The van der Waals surface area contributed by atoms with Gasteiger partial charge in [-0.1, -0.05) is 30.3 Å². The number of carbonyl (C=O) groups excluding carboxylic acids is 2. The highest BCUT2D eigenvalue weighted by atomic mass is 16.5. The van der Waals surface area contributed by atoms with Gasteiger partial charge in [-0.05, 0) is 17.7 Å². The molecule has 0 unspecified atom stereocenters. The highest BCUT2D eigenvalue weighted by molar-refractivity contribution is 6.37. The van der Waals surface area contributed by atoms with Gasteiger partial charge in [0, 0.05) is 17.5 Å². The van der Waals surface area contributed by atoms with E-state index in [1.807, 2.05) is 18.2 Å². The molecule has 0 aromatic heterocycles. The first-order chi connectivity index (χ1) is 12.0. The van der Waals surface area contributed by atoms with E-state index in [-0.39, 0.29) is 0 Å². The second kappa shape index (κ2) is 8.10. The Morgan fingerprint density at radius 1 is 1.00 bits per heavy atom. The predicted octanol–water partition coefficient (Wildman–Crippen LogP) is 2.52. The zero-order valence-electron chi connectivity index (χ0n) is 13.9. The van der Waals surface area contributed by atoms with Crippen molar-refractivity contribution in [1.82, 2.24) is 0 Å². The van der Waals surface area contributed by atoms with Gasteiger partial charge in [-0.15, -0.1) is 0 Å². The zero-order valence-corrected chi connectivity index (χ0v) is 13.9. The first-order valence-corrected chi connectivity index (χ1v) is 7.54. The number of hydrogen-bond acceptors (Lipinski definition) is 5. The van der Waals surface area contributed by atoms with Crippen LogP contribution in [0, 0.1) is 0 Å². The van der Waals surface area contributed by atoms with Crippen LogP contribution in [0.15, 0.2) is 42.5 Å². The Hall–Kier alpha value is -3.15. The Morgan fingerprint density at radius 2 is 1.72 bits per heavy atom. The zero-order chi connectivity index (χ0) is 18.4. The summed E-state index contributed by atoms with van der Waals surface area (Å²) in [6, 6.07) is 12.3.